The summed E-state index contributed by atoms with van der Waals surface area (Å²) in [6.45, 7) is 6.79. The molecular formula is C14H18N6O. The van der Waals surface area contributed by atoms with Gasteiger partial charge < -0.3 is 9.84 Å². The summed E-state index contributed by atoms with van der Waals surface area (Å²) in [6, 6.07) is 0. The molecule has 0 fully saturated rings. The van der Waals surface area contributed by atoms with Crippen LogP contribution in [0.15, 0.2) is 10.9 Å². The molecule has 110 valence electrons. The molecule has 0 amide bonds. The van der Waals surface area contributed by atoms with E-state index in [1.807, 2.05) is 13.8 Å². The summed E-state index contributed by atoms with van der Waals surface area (Å²) < 4.78 is 5.13. The second-order valence-electron chi connectivity index (χ2n) is 5.11. The van der Waals surface area contributed by atoms with E-state index >= 15 is 0 Å². The van der Waals surface area contributed by atoms with Gasteiger partial charge in [0, 0.05) is 12.2 Å². The number of aromatic nitrogens is 5. The van der Waals surface area contributed by atoms with Crippen molar-refractivity contribution in [3.05, 3.63) is 29.0 Å². The van der Waals surface area contributed by atoms with E-state index in [4.69, 9.17) is 4.52 Å². The number of anilines is 1. The Bertz CT molecular complexity index is 741. The highest BCUT2D eigenvalue weighted by atomic mass is 16.5. The van der Waals surface area contributed by atoms with Crippen molar-refractivity contribution in [3.8, 4) is 0 Å². The maximum atomic E-state index is 5.13. The Kier molecular flexibility index (Phi) is 3.55. The summed E-state index contributed by atoms with van der Waals surface area (Å²) in [4.78, 5) is 8.33. The van der Waals surface area contributed by atoms with Crippen LogP contribution in [0.3, 0.4) is 0 Å². The summed E-state index contributed by atoms with van der Waals surface area (Å²) in [5, 5.41) is 15.3. The molecule has 0 atom stereocenters. The van der Waals surface area contributed by atoms with Gasteiger partial charge in [-0.05, 0) is 39.2 Å². The number of hydrogen-bond donors (Lipinski definition) is 2. The Hall–Kier alpha value is -2.44. The molecule has 0 unspecified atom stereocenters. The molecule has 0 radical (unpaired) electrons. The van der Waals surface area contributed by atoms with E-state index in [1.54, 1.807) is 0 Å². The highest BCUT2D eigenvalue weighted by Crippen LogP contribution is 2.22. The Morgan fingerprint density at radius 1 is 1.19 bits per heavy atom. The Morgan fingerprint density at radius 3 is 2.81 bits per heavy atom. The molecule has 0 aromatic carbocycles. The third-order valence-electron chi connectivity index (χ3n) is 3.62. The van der Waals surface area contributed by atoms with Gasteiger partial charge in [-0.25, -0.2) is 4.98 Å². The van der Waals surface area contributed by atoms with E-state index in [0.29, 0.717) is 5.71 Å². The van der Waals surface area contributed by atoms with Crippen molar-refractivity contribution in [1.82, 2.24) is 25.3 Å². The van der Waals surface area contributed by atoms with E-state index in [1.165, 1.54) is 11.9 Å². The normalized spacial score (nSPS) is 11.2. The maximum absolute atomic E-state index is 5.13. The first-order chi connectivity index (χ1) is 10.2. The van der Waals surface area contributed by atoms with E-state index in [-0.39, 0.29) is 0 Å². The second-order valence-corrected chi connectivity index (χ2v) is 5.11. The number of H-pyrrole nitrogens is 1. The molecule has 3 heterocycles. The maximum Gasteiger partial charge on any atom is 0.263 e. The number of nitrogens with zero attached hydrogens (tertiary/aromatic N) is 4. The van der Waals surface area contributed by atoms with E-state index < -0.39 is 0 Å². The topological polar surface area (TPSA) is 92.5 Å². The van der Waals surface area contributed by atoms with Gasteiger partial charge in [0.05, 0.1) is 11.4 Å². The third kappa shape index (κ3) is 2.58. The van der Waals surface area contributed by atoms with Crippen LogP contribution >= 0.6 is 0 Å². The van der Waals surface area contributed by atoms with Crippen LogP contribution in [0.1, 0.15) is 29.1 Å². The zero-order valence-corrected chi connectivity index (χ0v) is 12.4. The Balaban J connectivity index is 1.64. The number of rotatable bonds is 5. The minimum absolute atomic E-state index is 0.520. The zero-order valence-electron chi connectivity index (χ0n) is 12.4. The van der Waals surface area contributed by atoms with E-state index in [9.17, 15) is 0 Å². The summed E-state index contributed by atoms with van der Waals surface area (Å²) in [6.07, 6.45) is 3.47. The second kappa shape index (κ2) is 5.51. The van der Waals surface area contributed by atoms with Gasteiger partial charge in [0.25, 0.3) is 5.71 Å². The van der Waals surface area contributed by atoms with Gasteiger partial charge in [-0.2, -0.15) is 10.1 Å². The predicted molar refractivity (Wildman–Crippen MR) is 79.2 cm³/mol. The highest BCUT2D eigenvalue weighted by molar-refractivity contribution is 5.87. The van der Waals surface area contributed by atoms with Crippen LogP contribution in [0, 0.1) is 20.8 Å². The molecule has 7 heteroatoms. The minimum Gasteiger partial charge on any atom is -0.369 e. The van der Waals surface area contributed by atoms with Crippen LogP contribution in [-0.4, -0.2) is 31.9 Å². The fourth-order valence-electron chi connectivity index (χ4n) is 2.47. The molecule has 0 saturated heterocycles. The van der Waals surface area contributed by atoms with Gasteiger partial charge >= 0.3 is 0 Å². The van der Waals surface area contributed by atoms with Crippen molar-refractivity contribution in [1.29, 1.82) is 0 Å². The van der Waals surface area contributed by atoms with Gasteiger partial charge in [0.1, 0.15) is 17.5 Å². The Morgan fingerprint density at radius 2 is 2.05 bits per heavy atom. The van der Waals surface area contributed by atoms with Crippen molar-refractivity contribution in [3.63, 3.8) is 0 Å². The lowest BCUT2D eigenvalue weighted by Gasteiger charge is -2.06. The average molecular weight is 286 g/mol. The van der Waals surface area contributed by atoms with Crippen LogP contribution in [-0.2, 0) is 6.42 Å². The van der Waals surface area contributed by atoms with Gasteiger partial charge in [0.2, 0.25) is 0 Å². The number of aromatic amines is 1. The monoisotopic (exact) mass is 286 g/mol. The van der Waals surface area contributed by atoms with Crippen LogP contribution < -0.4 is 5.32 Å². The average Bonchev–Trinajstić information content (AvgIpc) is 3.01. The summed E-state index contributed by atoms with van der Waals surface area (Å²) in [7, 11) is 0. The predicted octanol–water partition coefficient (Wildman–Crippen LogP) is 2.31. The van der Waals surface area contributed by atoms with Crippen molar-refractivity contribution in [2.45, 2.75) is 33.6 Å². The Labute approximate surface area is 122 Å². The SMILES string of the molecule is Cc1n[nH]c(C)c1CCCNc1ncnc2onc(C)c12. The van der Waals surface area contributed by atoms with Crippen LogP contribution in [0.4, 0.5) is 5.82 Å². The van der Waals surface area contributed by atoms with Crippen LogP contribution in [0.25, 0.3) is 11.1 Å². The number of hydrogen-bond acceptors (Lipinski definition) is 6. The first-order valence-corrected chi connectivity index (χ1v) is 6.98. The third-order valence-corrected chi connectivity index (χ3v) is 3.62. The number of nitrogens with one attached hydrogen (secondary N) is 2. The lowest BCUT2D eigenvalue weighted by Crippen LogP contribution is -2.06. The first-order valence-electron chi connectivity index (χ1n) is 6.98. The van der Waals surface area contributed by atoms with E-state index in [0.717, 1.165) is 47.7 Å². The quantitative estimate of drug-likeness (QED) is 0.699. The summed E-state index contributed by atoms with van der Waals surface area (Å²) >= 11 is 0. The van der Waals surface area contributed by atoms with Gasteiger partial charge in [-0.15, -0.1) is 0 Å². The standard InChI is InChI=1S/C14H18N6O/c1-8-11(9(2)19-18-8)5-4-6-15-13-12-10(3)20-21-14(12)17-7-16-13/h7H,4-6H2,1-3H3,(H,18,19)(H,15,16,17). The smallest absolute Gasteiger partial charge is 0.263 e. The lowest BCUT2D eigenvalue weighted by atomic mass is 10.1. The zero-order chi connectivity index (χ0) is 14.8. The molecule has 0 aliphatic carbocycles. The van der Waals surface area contributed by atoms with Crippen LogP contribution in [0.5, 0.6) is 0 Å². The summed E-state index contributed by atoms with van der Waals surface area (Å²) in [5.41, 5.74) is 4.84. The molecule has 3 rings (SSSR count). The molecular weight excluding hydrogens is 268 g/mol. The molecule has 0 spiro atoms. The van der Waals surface area contributed by atoms with Crippen molar-refractivity contribution in [2.24, 2.45) is 0 Å². The highest BCUT2D eigenvalue weighted by Gasteiger charge is 2.11. The first kappa shape index (κ1) is 13.5. The van der Waals surface area contributed by atoms with E-state index in [2.05, 4.69) is 37.6 Å². The van der Waals surface area contributed by atoms with Crippen LogP contribution in [0.2, 0.25) is 0 Å². The molecule has 0 aliphatic heterocycles. The van der Waals surface area contributed by atoms with Crippen molar-refractivity contribution < 1.29 is 4.52 Å². The minimum atomic E-state index is 0.520. The lowest BCUT2D eigenvalue weighted by molar-refractivity contribution is 0.442. The molecule has 3 aromatic rings. The molecule has 0 aliphatic rings. The fourth-order valence-corrected chi connectivity index (χ4v) is 2.47. The fraction of sp³-hybridized carbons (Fsp3) is 0.429. The molecule has 2 N–H and O–H groups in total. The van der Waals surface area contributed by atoms with Gasteiger partial charge in [-0.3, -0.25) is 5.10 Å². The van der Waals surface area contributed by atoms with Crippen molar-refractivity contribution >= 4 is 16.9 Å². The van der Waals surface area contributed by atoms with Gasteiger partial charge in [0.15, 0.2) is 0 Å². The summed E-state index contributed by atoms with van der Waals surface area (Å²) in [5.74, 6) is 0.777. The molecule has 0 bridgehead atoms. The van der Waals surface area contributed by atoms with Crippen molar-refractivity contribution in [2.75, 3.05) is 11.9 Å². The number of aryl methyl sites for hydroxylation is 3. The molecule has 3 aromatic heterocycles. The largest absolute Gasteiger partial charge is 0.369 e. The molecule has 0 saturated carbocycles. The van der Waals surface area contributed by atoms with Gasteiger partial charge in [-0.1, -0.05) is 5.16 Å². The molecule has 7 nitrogen and oxygen atoms in total. The molecule has 21 heavy (non-hydrogen) atoms. The number of fused-ring (bicyclic) bond motifs is 1.